The largest absolute Gasteiger partial charge is 0.310 e. The molecule has 0 aliphatic carbocycles. The third kappa shape index (κ3) is 3.49. The van der Waals surface area contributed by atoms with Gasteiger partial charge in [0.05, 0.1) is 0 Å². The van der Waals surface area contributed by atoms with Gasteiger partial charge < -0.3 is 10.2 Å². The Balaban J connectivity index is 2.35. The van der Waals surface area contributed by atoms with Crippen LogP contribution >= 0.6 is 0 Å². The van der Waals surface area contributed by atoms with Gasteiger partial charge in [-0.3, -0.25) is 0 Å². The molecule has 0 aromatic heterocycles. The summed E-state index contributed by atoms with van der Waals surface area (Å²) in [6.45, 7) is 9.37. The van der Waals surface area contributed by atoms with E-state index in [4.69, 9.17) is 0 Å². The highest BCUT2D eigenvalue weighted by Gasteiger charge is 2.26. The van der Waals surface area contributed by atoms with Gasteiger partial charge in [-0.15, -0.1) is 6.58 Å². The fourth-order valence-corrected chi connectivity index (χ4v) is 2.13. The predicted octanol–water partition coefficient (Wildman–Crippen LogP) is 1.64. The zero-order chi connectivity index (χ0) is 9.73. The molecule has 1 aliphatic heterocycles. The van der Waals surface area contributed by atoms with E-state index in [2.05, 4.69) is 30.8 Å². The molecule has 0 saturated carbocycles. The van der Waals surface area contributed by atoms with E-state index in [0.717, 1.165) is 13.1 Å². The number of nitrogens with zero attached hydrogens (tertiary/aromatic N) is 1. The van der Waals surface area contributed by atoms with Crippen LogP contribution in [-0.4, -0.2) is 37.1 Å². The highest BCUT2D eigenvalue weighted by atomic mass is 15.1. The monoisotopic (exact) mass is 182 g/mol. The molecule has 1 fully saturated rings. The Morgan fingerprint density at radius 3 is 2.85 bits per heavy atom. The Labute approximate surface area is 82.0 Å². The molecule has 0 radical (unpaired) electrons. The average molecular weight is 182 g/mol. The van der Waals surface area contributed by atoms with Gasteiger partial charge >= 0.3 is 0 Å². The van der Waals surface area contributed by atoms with Crippen LogP contribution in [-0.2, 0) is 0 Å². The minimum Gasteiger partial charge on any atom is -0.310 e. The van der Waals surface area contributed by atoms with Crippen LogP contribution < -0.4 is 5.32 Å². The molecule has 1 unspecified atom stereocenters. The van der Waals surface area contributed by atoms with Crippen molar-refractivity contribution in [3.63, 3.8) is 0 Å². The Kier molecular flexibility index (Phi) is 3.94. The van der Waals surface area contributed by atoms with Crippen LogP contribution in [0.15, 0.2) is 12.7 Å². The summed E-state index contributed by atoms with van der Waals surface area (Å²) < 4.78 is 0. The van der Waals surface area contributed by atoms with Gasteiger partial charge in [0.2, 0.25) is 0 Å². The molecule has 0 aromatic carbocycles. The van der Waals surface area contributed by atoms with E-state index >= 15 is 0 Å². The number of hydrogen-bond donors (Lipinski definition) is 1. The normalized spacial score (nSPS) is 29.2. The zero-order valence-corrected chi connectivity index (χ0v) is 8.97. The van der Waals surface area contributed by atoms with Crippen LogP contribution in [0.4, 0.5) is 0 Å². The van der Waals surface area contributed by atoms with Crippen LogP contribution in [0.5, 0.6) is 0 Å². The Morgan fingerprint density at radius 2 is 2.31 bits per heavy atom. The molecule has 2 nitrogen and oxygen atoms in total. The van der Waals surface area contributed by atoms with E-state index in [-0.39, 0.29) is 0 Å². The lowest BCUT2D eigenvalue weighted by Crippen LogP contribution is -2.52. The number of rotatable bonds is 4. The maximum absolute atomic E-state index is 3.75. The second-order valence-corrected chi connectivity index (χ2v) is 4.43. The van der Waals surface area contributed by atoms with Crippen molar-refractivity contribution in [1.82, 2.24) is 10.2 Å². The maximum atomic E-state index is 3.75. The van der Waals surface area contributed by atoms with Crippen LogP contribution in [0.3, 0.4) is 0 Å². The number of nitrogens with one attached hydrogen (secondary N) is 1. The molecule has 1 heterocycles. The van der Waals surface area contributed by atoms with E-state index in [1.54, 1.807) is 0 Å². The number of hydrogen-bond acceptors (Lipinski definition) is 2. The molecule has 76 valence electrons. The lowest BCUT2D eigenvalue weighted by atomic mass is 9.90. The third-order valence-electron chi connectivity index (χ3n) is 2.77. The summed E-state index contributed by atoms with van der Waals surface area (Å²) in [5.41, 5.74) is 0.329. The van der Waals surface area contributed by atoms with E-state index in [1.807, 2.05) is 6.08 Å². The standard InChI is InChI=1S/C11H22N2/c1-4-9-13(3)10-11(2)7-5-6-8-12-11/h4,12H,1,5-10H2,2-3H3. The molecule has 13 heavy (non-hydrogen) atoms. The first-order chi connectivity index (χ1) is 6.16. The molecule has 0 aromatic rings. The van der Waals surface area contributed by atoms with Gasteiger partial charge in [-0.25, -0.2) is 0 Å². The first-order valence-electron chi connectivity index (χ1n) is 5.21. The van der Waals surface area contributed by atoms with Gasteiger partial charge in [0.25, 0.3) is 0 Å². The van der Waals surface area contributed by atoms with Gasteiger partial charge in [-0.05, 0) is 33.4 Å². The van der Waals surface area contributed by atoms with Crippen molar-refractivity contribution in [2.75, 3.05) is 26.7 Å². The van der Waals surface area contributed by atoms with Gasteiger partial charge in [0.1, 0.15) is 0 Å². The van der Waals surface area contributed by atoms with Crippen LogP contribution in [0.1, 0.15) is 26.2 Å². The van der Waals surface area contributed by atoms with Crippen molar-refractivity contribution in [1.29, 1.82) is 0 Å². The highest BCUT2D eigenvalue weighted by Crippen LogP contribution is 2.19. The molecule has 1 N–H and O–H groups in total. The van der Waals surface area contributed by atoms with Gasteiger partial charge in [-0.1, -0.05) is 12.5 Å². The maximum Gasteiger partial charge on any atom is 0.0280 e. The van der Waals surface area contributed by atoms with Crippen molar-refractivity contribution < 1.29 is 0 Å². The van der Waals surface area contributed by atoms with Crippen molar-refractivity contribution in [2.24, 2.45) is 0 Å². The molecular weight excluding hydrogens is 160 g/mol. The van der Waals surface area contributed by atoms with E-state index < -0.39 is 0 Å². The quantitative estimate of drug-likeness (QED) is 0.665. The molecule has 0 bridgehead atoms. The average Bonchev–Trinajstić information content (AvgIpc) is 2.04. The summed E-state index contributed by atoms with van der Waals surface area (Å²) in [7, 11) is 2.16. The second-order valence-electron chi connectivity index (χ2n) is 4.43. The van der Waals surface area contributed by atoms with E-state index in [1.165, 1.54) is 25.8 Å². The molecule has 0 spiro atoms. The summed E-state index contributed by atoms with van der Waals surface area (Å²) in [5, 5.41) is 3.61. The van der Waals surface area contributed by atoms with Crippen LogP contribution in [0.2, 0.25) is 0 Å². The highest BCUT2D eigenvalue weighted by molar-refractivity contribution is 4.89. The molecule has 1 saturated heterocycles. The Bertz CT molecular complexity index is 159. The lowest BCUT2D eigenvalue weighted by molar-refractivity contribution is 0.197. The molecule has 2 heteroatoms. The van der Waals surface area contributed by atoms with Crippen molar-refractivity contribution in [3.8, 4) is 0 Å². The number of piperidine rings is 1. The van der Waals surface area contributed by atoms with Crippen LogP contribution in [0, 0.1) is 0 Å². The summed E-state index contributed by atoms with van der Waals surface area (Å²) in [5.74, 6) is 0. The minimum atomic E-state index is 0.329. The second kappa shape index (κ2) is 4.77. The van der Waals surface area contributed by atoms with Crippen molar-refractivity contribution >= 4 is 0 Å². The summed E-state index contributed by atoms with van der Waals surface area (Å²) in [6.07, 6.45) is 5.97. The van der Waals surface area contributed by atoms with E-state index in [9.17, 15) is 0 Å². The smallest absolute Gasteiger partial charge is 0.0280 e. The predicted molar refractivity (Wildman–Crippen MR) is 58.0 cm³/mol. The minimum absolute atomic E-state index is 0.329. The van der Waals surface area contributed by atoms with Gasteiger partial charge in [-0.2, -0.15) is 0 Å². The molecule has 0 amide bonds. The fourth-order valence-electron chi connectivity index (χ4n) is 2.13. The van der Waals surface area contributed by atoms with Gasteiger partial charge in [0.15, 0.2) is 0 Å². The number of likely N-dealkylation sites (N-methyl/N-ethyl adjacent to an activating group) is 1. The summed E-state index contributed by atoms with van der Waals surface area (Å²) >= 11 is 0. The summed E-state index contributed by atoms with van der Waals surface area (Å²) in [6, 6.07) is 0. The van der Waals surface area contributed by atoms with E-state index in [0.29, 0.717) is 5.54 Å². The Morgan fingerprint density at radius 1 is 1.54 bits per heavy atom. The topological polar surface area (TPSA) is 15.3 Å². The van der Waals surface area contributed by atoms with Gasteiger partial charge in [0, 0.05) is 18.6 Å². The third-order valence-corrected chi connectivity index (χ3v) is 2.77. The SMILES string of the molecule is C=CCN(C)CC1(C)CCCCN1. The fraction of sp³-hybridized carbons (Fsp3) is 0.818. The van der Waals surface area contributed by atoms with Crippen molar-refractivity contribution in [2.45, 2.75) is 31.7 Å². The van der Waals surface area contributed by atoms with Crippen LogP contribution in [0.25, 0.3) is 0 Å². The Hall–Kier alpha value is -0.340. The first kappa shape index (κ1) is 10.7. The molecule has 1 atom stereocenters. The molecule has 1 rings (SSSR count). The molecular formula is C11H22N2. The molecule has 1 aliphatic rings. The first-order valence-corrected chi connectivity index (χ1v) is 5.21. The zero-order valence-electron chi connectivity index (χ0n) is 8.97. The summed E-state index contributed by atoms with van der Waals surface area (Å²) in [4.78, 5) is 2.32. The van der Waals surface area contributed by atoms with Crippen molar-refractivity contribution in [3.05, 3.63) is 12.7 Å². The lowest BCUT2D eigenvalue weighted by Gasteiger charge is -2.37.